The fourth-order valence-electron chi connectivity index (χ4n) is 2.51. The van der Waals surface area contributed by atoms with E-state index in [2.05, 4.69) is 28.2 Å². The molecule has 4 aromatic rings. The summed E-state index contributed by atoms with van der Waals surface area (Å²) in [6, 6.07) is 15.1. The number of rotatable bonds is 3. The van der Waals surface area contributed by atoms with E-state index in [0.717, 1.165) is 20.7 Å². The zero-order valence-corrected chi connectivity index (χ0v) is 14.8. The van der Waals surface area contributed by atoms with Crippen LogP contribution in [0.2, 0.25) is 0 Å². The van der Waals surface area contributed by atoms with Gasteiger partial charge in [-0.2, -0.15) is 0 Å². The van der Waals surface area contributed by atoms with Gasteiger partial charge in [-0.05, 0) is 37.3 Å². The molecule has 0 saturated carbocycles. The second kappa shape index (κ2) is 6.27. The summed E-state index contributed by atoms with van der Waals surface area (Å²) in [6.07, 6.45) is 0. The number of nitrogens with zero attached hydrogens (tertiary/aromatic N) is 2. The van der Waals surface area contributed by atoms with Gasteiger partial charge in [0.1, 0.15) is 0 Å². The van der Waals surface area contributed by atoms with Crippen molar-refractivity contribution in [2.45, 2.75) is 6.92 Å². The first-order valence-electron chi connectivity index (χ1n) is 7.54. The molecule has 2 N–H and O–H groups in total. The molecule has 0 unspecified atom stereocenters. The van der Waals surface area contributed by atoms with Crippen LogP contribution >= 0.6 is 22.7 Å². The summed E-state index contributed by atoms with van der Waals surface area (Å²) in [5.74, 6) is -0.520. The van der Waals surface area contributed by atoms with Gasteiger partial charge in [0.05, 0.1) is 10.4 Å². The van der Waals surface area contributed by atoms with Gasteiger partial charge in [0.15, 0.2) is 5.69 Å². The number of aromatic hydroxyl groups is 1. The molecule has 0 fully saturated rings. The van der Waals surface area contributed by atoms with Gasteiger partial charge >= 0.3 is 5.91 Å². The predicted molar refractivity (Wildman–Crippen MR) is 101 cm³/mol. The third-order valence-electron chi connectivity index (χ3n) is 3.70. The minimum Gasteiger partial charge on any atom is -0.493 e. The molecule has 0 aliphatic heterocycles. The number of benzene rings is 1. The third kappa shape index (κ3) is 2.99. The monoisotopic (exact) mass is 367 g/mol. The number of thiophene rings is 2. The topological polar surface area (TPSA) is 77.8 Å². The van der Waals surface area contributed by atoms with Crippen molar-refractivity contribution in [1.82, 2.24) is 4.98 Å². The molecule has 1 aromatic carbocycles. The fourth-order valence-corrected chi connectivity index (χ4v) is 4.35. The van der Waals surface area contributed by atoms with E-state index < -0.39 is 5.91 Å². The summed E-state index contributed by atoms with van der Waals surface area (Å²) >= 11 is 3.08. The largest absolute Gasteiger partial charge is 0.493 e. The minimum absolute atomic E-state index is 0.0984. The maximum atomic E-state index is 12.3. The van der Waals surface area contributed by atoms with Crippen molar-refractivity contribution >= 4 is 45.2 Å². The number of amides is 1. The van der Waals surface area contributed by atoms with Crippen molar-refractivity contribution in [3.05, 3.63) is 58.3 Å². The highest BCUT2D eigenvalue weighted by Crippen LogP contribution is 2.36. The van der Waals surface area contributed by atoms with Gasteiger partial charge in [-0.3, -0.25) is 4.79 Å². The summed E-state index contributed by atoms with van der Waals surface area (Å²) in [4.78, 5) is 19.0. The van der Waals surface area contributed by atoms with Crippen LogP contribution in [0.3, 0.4) is 0 Å². The molecule has 0 bridgehead atoms. The highest BCUT2D eigenvalue weighted by atomic mass is 32.1. The zero-order chi connectivity index (χ0) is 17.4. The number of nitrogens with one attached hydrogen (secondary N) is 1. The second-order valence-corrected chi connectivity index (χ2v) is 7.82. The van der Waals surface area contributed by atoms with Gasteiger partial charge in [-0.25, -0.2) is 0 Å². The Morgan fingerprint density at radius 1 is 1.04 bits per heavy atom. The van der Waals surface area contributed by atoms with E-state index >= 15 is 0 Å². The molecule has 0 aliphatic rings. The Hall–Kier alpha value is -2.77. The van der Waals surface area contributed by atoms with Crippen LogP contribution in [0.4, 0.5) is 5.69 Å². The molecule has 0 saturated heterocycles. The number of carbonyl (C=O) groups excluding carboxylic acids is 1. The zero-order valence-electron chi connectivity index (χ0n) is 13.2. The molecule has 5 nitrogen and oxygen atoms in total. The normalized spacial score (nSPS) is 11.6. The number of aromatic nitrogens is 1. The van der Waals surface area contributed by atoms with Crippen molar-refractivity contribution in [3.63, 3.8) is 0 Å². The fraction of sp³-hybridized carbons (Fsp3) is 0.0556. The first-order valence-corrected chi connectivity index (χ1v) is 9.17. The van der Waals surface area contributed by atoms with Crippen LogP contribution in [-0.4, -0.2) is 16.0 Å². The first-order chi connectivity index (χ1) is 12.1. The van der Waals surface area contributed by atoms with E-state index in [-0.39, 0.29) is 11.6 Å². The molecule has 3 heterocycles. The number of hydrogen-bond donors (Lipinski definition) is 2. The molecule has 25 heavy (non-hydrogen) atoms. The van der Waals surface area contributed by atoms with Gasteiger partial charge in [0, 0.05) is 20.0 Å². The number of carbonyl (C=O) groups is 1. The molecule has 0 spiro atoms. The Balaban J connectivity index is 1.60. The van der Waals surface area contributed by atoms with E-state index in [0.29, 0.717) is 4.88 Å². The van der Waals surface area contributed by atoms with E-state index in [1.54, 1.807) is 17.4 Å². The molecule has 3 aromatic heterocycles. The summed E-state index contributed by atoms with van der Waals surface area (Å²) in [6.45, 7) is 2.05. The number of H-pyrrole nitrogens is 1. The van der Waals surface area contributed by atoms with Crippen LogP contribution in [0, 0.1) is 6.92 Å². The van der Waals surface area contributed by atoms with Gasteiger partial charge in [0.2, 0.25) is 5.88 Å². The first kappa shape index (κ1) is 15.7. The van der Waals surface area contributed by atoms with Crippen molar-refractivity contribution < 1.29 is 9.90 Å². The number of fused-ring (bicyclic) bond motifs is 1. The van der Waals surface area contributed by atoms with Crippen molar-refractivity contribution in [1.29, 1.82) is 0 Å². The Morgan fingerprint density at radius 3 is 2.60 bits per heavy atom. The standard InChI is InChI=1S/C18H13N3O2S2/c1-10-6-7-13(24-10)14-8-9-15(25-14)17(22)21-20-16-11-4-2-3-5-12(11)19-18(16)23/h2-9,19,23H,1H3. The number of aryl methyl sites for hydroxylation is 1. The van der Waals surface area contributed by atoms with Crippen molar-refractivity contribution in [2.75, 3.05) is 0 Å². The van der Waals surface area contributed by atoms with Gasteiger partial charge in [0.25, 0.3) is 0 Å². The summed E-state index contributed by atoms with van der Waals surface area (Å²) in [7, 11) is 0. The Kier molecular flexibility index (Phi) is 3.95. The van der Waals surface area contributed by atoms with Crippen LogP contribution < -0.4 is 0 Å². The smallest absolute Gasteiger partial charge is 0.305 e. The lowest BCUT2D eigenvalue weighted by molar-refractivity contribution is 0.0999. The number of aromatic amines is 1. The van der Waals surface area contributed by atoms with E-state index in [9.17, 15) is 9.90 Å². The Labute approximate surface area is 151 Å². The molecular formula is C18H13N3O2S2. The SMILES string of the molecule is Cc1ccc(-c2ccc(C(=O)N=Nc3c(O)[nH]c4ccccc34)s2)s1. The van der Waals surface area contributed by atoms with Crippen LogP contribution in [-0.2, 0) is 0 Å². The van der Waals surface area contributed by atoms with Crippen LogP contribution in [0.15, 0.2) is 58.8 Å². The number of hydrogen-bond acceptors (Lipinski definition) is 5. The van der Waals surface area contributed by atoms with E-state index in [1.807, 2.05) is 36.4 Å². The van der Waals surface area contributed by atoms with Crippen LogP contribution in [0.25, 0.3) is 20.7 Å². The van der Waals surface area contributed by atoms with Crippen LogP contribution in [0.1, 0.15) is 14.5 Å². The number of azo groups is 1. The average molecular weight is 367 g/mol. The van der Waals surface area contributed by atoms with Gasteiger partial charge in [-0.15, -0.1) is 32.9 Å². The van der Waals surface area contributed by atoms with E-state index in [4.69, 9.17) is 0 Å². The van der Waals surface area contributed by atoms with Gasteiger partial charge < -0.3 is 10.1 Å². The molecule has 124 valence electrons. The lowest BCUT2D eigenvalue weighted by Crippen LogP contribution is -1.87. The van der Waals surface area contributed by atoms with E-state index in [1.165, 1.54) is 16.2 Å². The molecule has 7 heteroatoms. The van der Waals surface area contributed by atoms with Gasteiger partial charge in [-0.1, -0.05) is 18.2 Å². The summed E-state index contributed by atoms with van der Waals surface area (Å²) in [5.41, 5.74) is 1.02. The highest BCUT2D eigenvalue weighted by Gasteiger charge is 2.13. The Morgan fingerprint density at radius 2 is 1.80 bits per heavy atom. The Bertz CT molecular complexity index is 1100. The number of para-hydroxylation sites is 1. The van der Waals surface area contributed by atoms with Crippen molar-refractivity contribution in [3.8, 4) is 15.6 Å². The predicted octanol–water partition coefficient (Wildman–Crippen LogP) is 5.90. The lowest BCUT2D eigenvalue weighted by atomic mass is 10.2. The molecule has 0 radical (unpaired) electrons. The quantitative estimate of drug-likeness (QED) is 0.442. The molecule has 4 rings (SSSR count). The highest BCUT2D eigenvalue weighted by molar-refractivity contribution is 7.23. The molecular weight excluding hydrogens is 354 g/mol. The molecule has 0 atom stereocenters. The van der Waals surface area contributed by atoms with Crippen molar-refractivity contribution in [2.24, 2.45) is 10.2 Å². The summed E-state index contributed by atoms with van der Waals surface area (Å²) in [5, 5.41) is 18.4. The molecule has 0 aliphatic carbocycles. The third-order valence-corrected chi connectivity index (χ3v) is 5.97. The summed E-state index contributed by atoms with van der Waals surface area (Å²) < 4.78 is 0. The second-order valence-electron chi connectivity index (χ2n) is 5.45. The molecule has 1 amide bonds. The average Bonchev–Trinajstić information content (AvgIpc) is 3.30. The van der Waals surface area contributed by atoms with Crippen LogP contribution in [0.5, 0.6) is 5.88 Å². The maximum absolute atomic E-state index is 12.3. The maximum Gasteiger partial charge on any atom is 0.305 e. The lowest BCUT2D eigenvalue weighted by Gasteiger charge is -1.91. The minimum atomic E-state index is -0.422.